The van der Waals surface area contributed by atoms with Gasteiger partial charge in [-0.05, 0) is 22.9 Å². The average molecular weight is 328 g/mol. The van der Waals surface area contributed by atoms with Crippen LogP contribution in [-0.2, 0) is 0 Å². The number of thiophene rings is 1. The van der Waals surface area contributed by atoms with Gasteiger partial charge in [0.15, 0.2) is 0 Å². The van der Waals surface area contributed by atoms with E-state index in [1.54, 1.807) is 11.3 Å². The number of thiazole rings is 1. The van der Waals surface area contributed by atoms with Crippen LogP contribution in [0.4, 0.5) is 0 Å². The summed E-state index contributed by atoms with van der Waals surface area (Å²) in [5.41, 5.74) is 1.72. The van der Waals surface area contributed by atoms with Crippen molar-refractivity contribution in [2.75, 3.05) is 6.54 Å². The van der Waals surface area contributed by atoms with Crippen molar-refractivity contribution in [3.05, 3.63) is 64.5 Å². The molecule has 0 bridgehead atoms. The minimum Gasteiger partial charge on any atom is -0.350 e. The number of benzene rings is 1. The number of nitrogens with zero attached hydrogens (tertiary/aromatic N) is 1. The number of carbonyl (C=O) groups excluding carboxylic acids is 1. The molecule has 1 N–H and O–H groups in total. The summed E-state index contributed by atoms with van der Waals surface area (Å²) in [7, 11) is 0. The Labute approximate surface area is 137 Å². The van der Waals surface area contributed by atoms with Gasteiger partial charge in [-0.2, -0.15) is 0 Å². The maximum Gasteiger partial charge on any atom is 0.270 e. The van der Waals surface area contributed by atoms with Crippen molar-refractivity contribution in [2.24, 2.45) is 0 Å². The van der Waals surface area contributed by atoms with E-state index in [1.807, 2.05) is 41.1 Å². The van der Waals surface area contributed by atoms with Crippen molar-refractivity contribution in [3.63, 3.8) is 0 Å². The summed E-state index contributed by atoms with van der Waals surface area (Å²) in [6.07, 6.45) is 0. The normalized spacial score (nSPS) is 12.0. The molecule has 0 unspecified atom stereocenters. The van der Waals surface area contributed by atoms with Gasteiger partial charge in [-0.25, -0.2) is 4.98 Å². The van der Waals surface area contributed by atoms with Crippen LogP contribution in [-0.4, -0.2) is 17.4 Å². The second kappa shape index (κ2) is 6.85. The molecule has 0 aliphatic rings. The summed E-state index contributed by atoms with van der Waals surface area (Å²) in [6, 6.07) is 14.2. The first-order chi connectivity index (χ1) is 10.7. The van der Waals surface area contributed by atoms with Crippen LogP contribution in [0, 0.1) is 0 Å². The molecule has 22 heavy (non-hydrogen) atoms. The highest BCUT2D eigenvalue weighted by molar-refractivity contribution is 7.20. The Kier molecular flexibility index (Phi) is 4.65. The third-order valence-electron chi connectivity index (χ3n) is 3.41. The first-order valence-corrected chi connectivity index (χ1v) is 8.82. The van der Waals surface area contributed by atoms with Crippen LogP contribution >= 0.6 is 22.7 Å². The molecule has 0 aliphatic heterocycles. The maximum absolute atomic E-state index is 12.2. The molecule has 1 amide bonds. The summed E-state index contributed by atoms with van der Waals surface area (Å²) in [4.78, 5) is 17.7. The minimum atomic E-state index is -0.109. The SMILES string of the molecule is C[C@H](CNC(=O)c1csc(-c2cccs2)n1)c1ccccc1. The Morgan fingerprint density at radius 2 is 2.00 bits per heavy atom. The van der Waals surface area contributed by atoms with Crippen molar-refractivity contribution < 1.29 is 4.79 Å². The van der Waals surface area contributed by atoms with Crippen LogP contribution in [0.3, 0.4) is 0 Å². The van der Waals surface area contributed by atoms with E-state index in [9.17, 15) is 4.79 Å². The van der Waals surface area contributed by atoms with Gasteiger partial charge >= 0.3 is 0 Å². The number of aromatic nitrogens is 1. The molecule has 1 aromatic carbocycles. The molecule has 0 aliphatic carbocycles. The highest BCUT2D eigenvalue weighted by atomic mass is 32.1. The maximum atomic E-state index is 12.2. The van der Waals surface area contributed by atoms with E-state index in [2.05, 4.69) is 29.4 Å². The second-order valence-corrected chi connectivity index (χ2v) is 6.84. The first-order valence-electron chi connectivity index (χ1n) is 7.06. The monoisotopic (exact) mass is 328 g/mol. The molecule has 0 saturated heterocycles. The molecule has 112 valence electrons. The number of nitrogens with one attached hydrogen (secondary N) is 1. The van der Waals surface area contributed by atoms with Gasteiger partial charge in [-0.15, -0.1) is 22.7 Å². The number of carbonyl (C=O) groups is 1. The van der Waals surface area contributed by atoms with E-state index in [0.29, 0.717) is 12.2 Å². The number of rotatable bonds is 5. The summed E-state index contributed by atoms with van der Waals surface area (Å²) >= 11 is 3.14. The predicted octanol–water partition coefficient (Wildman–Crippen LogP) is 4.41. The first kappa shape index (κ1) is 14.9. The molecule has 2 aromatic heterocycles. The Bertz CT molecular complexity index is 735. The number of amides is 1. The van der Waals surface area contributed by atoms with Crippen LogP contribution in [0.5, 0.6) is 0 Å². The summed E-state index contributed by atoms with van der Waals surface area (Å²) in [5, 5.41) is 7.69. The van der Waals surface area contributed by atoms with Gasteiger partial charge in [0.2, 0.25) is 0 Å². The zero-order valence-corrected chi connectivity index (χ0v) is 13.8. The number of hydrogen-bond acceptors (Lipinski definition) is 4. The smallest absolute Gasteiger partial charge is 0.270 e. The lowest BCUT2D eigenvalue weighted by atomic mass is 10.0. The van der Waals surface area contributed by atoms with Crippen molar-refractivity contribution in [3.8, 4) is 9.88 Å². The molecular formula is C17H16N2OS2. The quantitative estimate of drug-likeness (QED) is 0.754. The van der Waals surface area contributed by atoms with Crippen LogP contribution in [0.25, 0.3) is 9.88 Å². The van der Waals surface area contributed by atoms with E-state index in [-0.39, 0.29) is 11.8 Å². The molecule has 0 spiro atoms. The third kappa shape index (κ3) is 3.43. The van der Waals surface area contributed by atoms with Crippen molar-refractivity contribution >= 4 is 28.6 Å². The van der Waals surface area contributed by atoms with Gasteiger partial charge in [-0.3, -0.25) is 4.79 Å². The van der Waals surface area contributed by atoms with Crippen molar-refractivity contribution in [1.29, 1.82) is 0 Å². The lowest BCUT2D eigenvalue weighted by molar-refractivity contribution is 0.0947. The molecule has 0 fully saturated rings. The fourth-order valence-electron chi connectivity index (χ4n) is 2.13. The number of hydrogen-bond donors (Lipinski definition) is 1. The van der Waals surface area contributed by atoms with E-state index in [0.717, 1.165) is 9.88 Å². The highest BCUT2D eigenvalue weighted by Crippen LogP contribution is 2.27. The van der Waals surface area contributed by atoms with Gasteiger partial charge < -0.3 is 5.32 Å². The molecule has 0 radical (unpaired) electrons. The van der Waals surface area contributed by atoms with Gasteiger partial charge in [0.1, 0.15) is 10.7 Å². The van der Waals surface area contributed by atoms with Crippen molar-refractivity contribution in [1.82, 2.24) is 10.3 Å². The fraction of sp³-hybridized carbons (Fsp3) is 0.176. The van der Waals surface area contributed by atoms with Gasteiger partial charge in [0.25, 0.3) is 5.91 Å². The zero-order chi connectivity index (χ0) is 15.4. The Morgan fingerprint density at radius 1 is 1.18 bits per heavy atom. The zero-order valence-electron chi connectivity index (χ0n) is 12.2. The van der Waals surface area contributed by atoms with E-state index < -0.39 is 0 Å². The molecule has 2 heterocycles. The van der Waals surface area contributed by atoms with E-state index >= 15 is 0 Å². The largest absolute Gasteiger partial charge is 0.350 e. The van der Waals surface area contributed by atoms with E-state index in [1.165, 1.54) is 16.9 Å². The summed E-state index contributed by atoms with van der Waals surface area (Å²) in [5.74, 6) is 0.169. The van der Waals surface area contributed by atoms with Gasteiger partial charge in [0.05, 0.1) is 4.88 Å². The fourth-order valence-corrected chi connectivity index (χ4v) is 3.74. The van der Waals surface area contributed by atoms with Crippen LogP contribution < -0.4 is 5.32 Å². The van der Waals surface area contributed by atoms with Crippen molar-refractivity contribution in [2.45, 2.75) is 12.8 Å². The second-order valence-electron chi connectivity index (χ2n) is 5.04. The standard InChI is InChI=1S/C17H16N2OS2/c1-12(13-6-3-2-4-7-13)10-18-16(20)14-11-22-17(19-14)15-8-5-9-21-15/h2-9,11-12H,10H2,1H3,(H,18,20)/t12-/m1/s1. The Balaban J connectivity index is 1.61. The third-order valence-corrected chi connectivity index (χ3v) is 5.29. The molecule has 1 atom stereocenters. The Hall–Kier alpha value is -1.98. The lowest BCUT2D eigenvalue weighted by Crippen LogP contribution is -2.27. The predicted molar refractivity (Wildman–Crippen MR) is 92.6 cm³/mol. The molecular weight excluding hydrogens is 312 g/mol. The average Bonchev–Trinajstić information content (AvgIpc) is 3.23. The van der Waals surface area contributed by atoms with Gasteiger partial charge in [0, 0.05) is 11.9 Å². The van der Waals surface area contributed by atoms with Gasteiger partial charge in [-0.1, -0.05) is 43.3 Å². The molecule has 3 rings (SSSR count). The van der Waals surface area contributed by atoms with Crippen LogP contribution in [0.1, 0.15) is 28.9 Å². The topological polar surface area (TPSA) is 42.0 Å². The van der Waals surface area contributed by atoms with Crippen LogP contribution in [0.15, 0.2) is 53.2 Å². The molecule has 3 nitrogen and oxygen atoms in total. The highest BCUT2D eigenvalue weighted by Gasteiger charge is 2.13. The van der Waals surface area contributed by atoms with Crippen LogP contribution in [0.2, 0.25) is 0 Å². The summed E-state index contributed by atoms with van der Waals surface area (Å²) in [6.45, 7) is 2.71. The minimum absolute atomic E-state index is 0.109. The molecule has 0 saturated carbocycles. The lowest BCUT2D eigenvalue weighted by Gasteiger charge is -2.12. The molecule has 5 heteroatoms. The summed E-state index contributed by atoms with van der Waals surface area (Å²) < 4.78 is 0. The molecule has 3 aromatic rings. The Morgan fingerprint density at radius 3 is 2.73 bits per heavy atom. The van der Waals surface area contributed by atoms with E-state index in [4.69, 9.17) is 0 Å².